The van der Waals surface area contributed by atoms with Crippen LogP contribution >= 0.6 is 0 Å². The summed E-state index contributed by atoms with van der Waals surface area (Å²) in [6.07, 6.45) is 3.37. The van der Waals surface area contributed by atoms with E-state index in [0.717, 1.165) is 30.8 Å². The number of aromatic nitrogens is 3. The molecule has 1 aromatic carbocycles. The summed E-state index contributed by atoms with van der Waals surface area (Å²) < 4.78 is 0. The molecule has 2 heterocycles. The summed E-state index contributed by atoms with van der Waals surface area (Å²) in [6, 6.07) is 9.88. The van der Waals surface area contributed by atoms with E-state index in [9.17, 15) is 4.79 Å². The quantitative estimate of drug-likeness (QED) is 0.879. The number of carbonyl (C=O) groups is 1. The fourth-order valence-corrected chi connectivity index (χ4v) is 2.70. The molecule has 0 bridgehead atoms. The molecule has 1 N–H and O–H groups in total. The van der Waals surface area contributed by atoms with Crippen LogP contribution in [0.4, 0.5) is 0 Å². The number of piperidine rings is 1. The maximum Gasteiger partial charge on any atom is 0.245 e. The fourth-order valence-electron chi connectivity index (χ4n) is 2.70. The van der Waals surface area contributed by atoms with Gasteiger partial charge in [-0.1, -0.05) is 36.9 Å². The number of carbonyl (C=O) groups excluding carboxylic acids is 1. The molecule has 0 saturated carbocycles. The lowest BCUT2D eigenvalue weighted by Gasteiger charge is -2.30. The Hall–Kier alpha value is -2.43. The number of rotatable bonds is 3. The van der Waals surface area contributed by atoms with E-state index in [1.54, 1.807) is 0 Å². The molecule has 0 radical (unpaired) electrons. The van der Waals surface area contributed by atoms with Gasteiger partial charge in [0.2, 0.25) is 5.91 Å². The van der Waals surface area contributed by atoms with Gasteiger partial charge in [0.15, 0.2) is 5.82 Å². The third-order valence-electron chi connectivity index (χ3n) is 3.83. The average Bonchev–Trinajstić information content (AvgIpc) is 3.05. The number of hydrogen-bond donors (Lipinski definition) is 1. The van der Waals surface area contributed by atoms with Gasteiger partial charge in [0.25, 0.3) is 0 Å². The first kappa shape index (κ1) is 13.5. The normalized spacial score (nSPS) is 18.5. The van der Waals surface area contributed by atoms with Crippen LogP contribution < -0.4 is 0 Å². The summed E-state index contributed by atoms with van der Waals surface area (Å²) in [5.74, 6) is 1.77. The van der Waals surface area contributed by atoms with Crippen molar-refractivity contribution in [3.8, 4) is 11.4 Å². The largest absolute Gasteiger partial charge is 0.338 e. The number of likely N-dealkylation sites (tertiary alicyclic amines) is 1. The number of aromatic amines is 1. The van der Waals surface area contributed by atoms with Gasteiger partial charge >= 0.3 is 0 Å². The summed E-state index contributed by atoms with van der Waals surface area (Å²) >= 11 is 0. The Balaban J connectivity index is 1.77. The number of nitrogens with one attached hydrogen (secondary N) is 1. The minimum Gasteiger partial charge on any atom is -0.338 e. The van der Waals surface area contributed by atoms with Gasteiger partial charge in [-0.2, -0.15) is 5.10 Å². The van der Waals surface area contributed by atoms with E-state index < -0.39 is 0 Å². The highest BCUT2D eigenvalue weighted by Gasteiger charge is 2.25. The summed E-state index contributed by atoms with van der Waals surface area (Å²) in [4.78, 5) is 18.2. The van der Waals surface area contributed by atoms with Crippen molar-refractivity contribution >= 4 is 5.91 Å². The first-order valence-electron chi connectivity index (χ1n) is 7.17. The van der Waals surface area contributed by atoms with Crippen molar-refractivity contribution < 1.29 is 4.79 Å². The SMILES string of the molecule is C=CC(=O)N1CCCC(c2nc(-c3ccccc3)n[nH]2)C1. The zero-order valence-corrected chi connectivity index (χ0v) is 11.8. The van der Waals surface area contributed by atoms with Gasteiger partial charge < -0.3 is 4.90 Å². The highest BCUT2D eigenvalue weighted by molar-refractivity contribution is 5.87. The van der Waals surface area contributed by atoms with Crippen LogP contribution in [0, 0.1) is 0 Å². The van der Waals surface area contributed by atoms with Crippen LogP contribution in [0.15, 0.2) is 43.0 Å². The van der Waals surface area contributed by atoms with E-state index in [2.05, 4.69) is 21.8 Å². The molecule has 3 rings (SSSR count). The molecule has 1 fully saturated rings. The van der Waals surface area contributed by atoms with Gasteiger partial charge in [0.1, 0.15) is 5.82 Å². The summed E-state index contributed by atoms with van der Waals surface area (Å²) in [6.45, 7) is 5.02. The highest BCUT2D eigenvalue weighted by Crippen LogP contribution is 2.26. The van der Waals surface area contributed by atoms with E-state index in [1.807, 2.05) is 35.2 Å². The molecule has 1 aliphatic heterocycles. The van der Waals surface area contributed by atoms with Crippen molar-refractivity contribution in [2.75, 3.05) is 13.1 Å². The molecule has 1 saturated heterocycles. The number of hydrogen-bond acceptors (Lipinski definition) is 3. The smallest absolute Gasteiger partial charge is 0.245 e. The third kappa shape index (κ3) is 2.86. The molecule has 1 aromatic heterocycles. The van der Waals surface area contributed by atoms with Gasteiger partial charge in [-0.3, -0.25) is 9.89 Å². The molecule has 1 aliphatic rings. The van der Waals surface area contributed by atoms with Gasteiger partial charge in [0.05, 0.1) is 0 Å². The molecule has 0 spiro atoms. The second-order valence-electron chi connectivity index (χ2n) is 5.24. The van der Waals surface area contributed by atoms with E-state index in [1.165, 1.54) is 6.08 Å². The van der Waals surface area contributed by atoms with Gasteiger partial charge in [-0.15, -0.1) is 0 Å². The zero-order valence-electron chi connectivity index (χ0n) is 11.8. The summed E-state index contributed by atoms with van der Waals surface area (Å²) in [5, 5.41) is 7.32. The Labute approximate surface area is 123 Å². The molecule has 5 nitrogen and oxygen atoms in total. The minimum atomic E-state index is -0.0116. The van der Waals surface area contributed by atoms with Crippen LogP contribution in [0.3, 0.4) is 0 Å². The Bertz CT molecular complexity index is 635. The van der Waals surface area contributed by atoms with Crippen LogP contribution in [-0.2, 0) is 4.79 Å². The van der Waals surface area contributed by atoms with Gasteiger partial charge in [-0.25, -0.2) is 4.98 Å². The van der Waals surface area contributed by atoms with Crippen molar-refractivity contribution in [1.29, 1.82) is 0 Å². The number of amides is 1. The standard InChI is InChI=1S/C16H18N4O/c1-2-14(21)20-10-6-9-13(11-20)16-17-15(18-19-16)12-7-4-3-5-8-12/h2-5,7-8,13H,1,6,9-11H2,(H,17,18,19). The first-order valence-corrected chi connectivity index (χ1v) is 7.17. The molecular weight excluding hydrogens is 264 g/mol. The second kappa shape index (κ2) is 5.91. The number of benzene rings is 1. The number of nitrogens with zero attached hydrogens (tertiary/aromatic N) is 3. The topological polar surface area (TPSA) is 61.9 Å². The van der Waals surface area contributed by atoms with Gasteiger partial charge in [-0.05, 0) is 18.9 Å². The Morgan fingerprint density at radius 2 is 2.19 bits per heavy atom. The van der Waals surface area contributed by atoms with E-state index in [-0.39, 0.29) is 11.8 Å². The third-order valence-corrected chi connectivity index (χ3v) is 3.83. The molecule has 1 unspecified atom stereocenters. The van der Waals surface area contributed by atoms with Crippen LogP contribution in [-0.4, -0.2) is 39.1 Å². The van der Waals surface area contributed by atoms with E-state index in [0.29, 0.717) is 12.4 Å². The second-order valence-corrected chi connectivity index (χ2v) is 5.24. The van der Waals surface area contributed by atoms with Crippen LogP contribution in [0.25, 0.3) is 11.4 Å². The Morgan fingerprint density at radius 1 is 1.38 bits per heavy atom. The van der Waals surface area contributed by atoms with Crippen molar-refractivity contribution in [3.05, 3.63) is 48.8 Å². The minimum absolute atomic E-state index is 0.0116. The van der Waals surface area contributed by atoms with Crippen LogP contribution in [0.1, 0.15) is 24.6 Å². The lowest BCUT2D eigenvalue weighted by atomic mass is 9.97. The van der Waals surface area contributed by atoms with Crippen molar-refractivity contribution in [1.82, 2.24) is 20.1 Å². The fraction of sp³-hybridized carbons (Fsp3) is 0.312. The zero-order chi connectivity index (χ0) is 14.7. The predicted molar refractivity (Wildman–Crippen MR) is 80.6 cm³/mol. The maximum atomic E-state index is 11.7. The lowest BCUT2D eigenvalue weighted by Crippen LogP contribution is -2.38. The summed E-state index contributed by atoms with van der Waals surface area (Å²) in [7, 11) is 0. The van der Waals surface area contributed by atoms with E-state index in [4.69, 9.17) is 0 Å². The number of H-pyrrole nitrogens is 1. The van der Waals surface area contributed by atoms with Crippen molar-refractivity contribution in [2.45, 2.75) is 18.8 Å². The lowest BCUT2D eigenvalue weighted by molar-refractivity contribution is -0.127. The molecule has 2 aromatic rings. The van der Waals surface area contributed by atoms with Crippen molar-refractivity contribution in [2.24, 2.45) is 0 Å². The summed E-state index contributed by atoms with van der Waals surface area (Å²) in [5.41, 5.74) is 0.995. The van der Waals surface area contributed by atoms with Crippen LogP contribution in [0.2, 0.25) is 0 Å². The molecule has 21 heavy (non-hydrogen) atoms. The highest BCUT2D eigenvalue weighted by atomic mass is 16.2. The molecular formula is C16H18N4O. The molecule has 1 amide bonds. The average molecular weight is 282 g/mol. The molecule has 1 atom stereocenters. The molecule has 0 aliphatic carbocycles. The predicted octanol–water partition coefficient (Wildman–Crippen LogP) is 2.36. The first-order chi connectivity index (χ1) is 10.3. The Morgan fingerprint density at radius 3 is 2.95 bits per heavy atom. The monoisotopic (exact) mass is 282 g/mol. The Kier molecular flexibility index (Phi) is 3.81. The maximum absolute atomic E-state index is 11.7. The molecule has 5 heteroatoms. The van der Waals surface area contributed by atoms with Gasteiger partial charge in [0, 0.05) is 24.6 Å². The van der Waals surface area contributed by atoms with Crippen molar-refractivity contribution in [3.63, 3.8) is 0 Å². The van der Waals surface area contributed by atoms with E-state index >= 15 is 0 Å². The molecule has 108 valence electrons. The van der Waals surface area contributed by atoms with Crippen LogP contribution in [0.5, 0.6) is 0 Å².